The summed E-state index contributed by atoms with van der Waals surface area (Å²) in [5.74, 6) is -2.64. The van der Waals surface area contributed by atoms with E-state index in [0.29, 0.717) is 0 Å². The number of rotatable bonds is 7. The van der Waals surface area contributed by atoms with E-state index >= 15 is 0 Å². The van der Waals surface area contributed by atoms with Gasteiger partial charge in [0.05, 0.1) is 23.4 Å². The number of terminal acetylenes is 1. The number of carboxylic acid groups (broad SMARTS) is 2. The van der Waals surface area contributed by atoms with Crippen LogP contribution in [-0.4, -0.2) is 41.3 Å². The van der Waals surface area contributed by atoms with Crippen molar-refractivity contribution < 1.29 is 39.2 Å². The van der Waals surface area contributed by atoms with Crippen LogP contribution in [0.15, 0.2) is 78.9 Å². The van der Waals surface area contributed by atoms with Gasteiger partial charge in [-0.2, -0.15) is 0 Å². The van der Waals surface area contributed by atoms with Crippen molar-refractivity contribution in [2.45, 2.75) is 23.7 Å². The topological polar surface area (TPSA) is 136 Å². The van der Waals surface area contributed by atoms with Crippen molar-refractivity contribution in [3.05, 3.63) is 107 Å². The maximum atomic E-state index is 12.6. The summed E-state index contributed by atoms with van der Waals surface area (Å²) < 4.78 is 11.5. The van der Waals surface area contributed by atoms with E-state index in [9.17, 15) is 29.7 Å². The first-order valence-corrected chi connectivity index (χ1v) is 11.0. The van der Waals surface area contributed by atoms with Gasteiger partial charge in [-0.1, -0.05) is 72.7 Å². The van der Waals surface area contributed by atoms with Crippen LogP contribution >= 0.6 is 0 Å². The van der Waals surface area contributed by atoms with Crippen LogP contribution < -0.4 is 10.2 Å². The molecule has 3 aromatic carbocycles. The van der Waals surface area contributed by atoms with Gasteiger partial charge in [-0.3, -0.25) is 0 Å². The Hall–Kier alpha value is -4.45. The summed E-state index contributed by atoms with van der Waals surface area (Å²) in [6, 6.07) is 19.6. The van der Waals surface area contributed by atoms with Gasteiger partial charge in [0.25, 0.3) is 0 Å². The third-order valence-corrected chi connectivity index (χ3v) is 6.15. The summed E-state index contributed by atoms with van der Waals surface area (Å²) in [5, 5.41) is 35.4. The number of aliphatic hydroxyl groups is 1. The summed E-state index contributed by atoms with van der Waals surface area (Å²) in [6.07, 6.45) is 3.23. The zero-order chi connectivity index (χ0) is 25.9. The highest BCUT2D eigenvalue weighted by atomic mass is 16.6. The summed E-state index contributed by atoms with van der Waals surface area (Å²) in [5.41, 5.74) is -2.33. The lowest BCUT2D eigenvalue weighted by molar-refractivity contribution is -0.256. The van der Waals surface area contributed by atoms with Crippen LogP contribution in [0.2, 0.25) is 0 Å². The highest BCUT2D eigenvalue weighted by molar-refractivity contribution is 5.90. The quantitative estimate of drug-likeness (QED) is 0.385. The fourth-order valence-corrected chi connectivity index (χ4v) is 4.53. The molecule has 1 N–H and O–H groups in total. The van der Waals surface area contributed by atoms with Crippen LogP contribution in [0.5, 0.6) is 0 Å². The van der Waals surface area contributed by atoms with Crippen LogP contribution in [0, 0.1) is 12.3 Å². The van der Waals surface area contributed by atoms with Crippen LogP contribution in [0.3, 0.4) is 0 Å². The molecule has 0 saturated carbocycles. The standard InChI is InChI=1S/C28H22O8/c1-2-28(34)23(18-12-6-8-14-20(18)25(29)30)22(16-35-27(33)17-10-4-3-5-11-17)36-24(28)19-13-7-9-15-21(19)26(31)32/h1,3-15,22-24,34H,16H2,(H,29,30)(H,31,32)/p-2/t22-,23+,24?,28-/m0/s1. The SMILES string of the molecule is C#C[C@@]1(O)C(c2ccccc2C(=O)[O-])O[C@@H](COC(=O)c2ccccc2)[C@H]1c1ccccc1C(=O)[O-]. The molecule has 1 unspecified atom stereocenters. The van der Waals surface area contributed by atoms with Crippen LogP contribution in [-0.2, 0) is 9.47 Å². The Morgan fingerprint density at radius 2 is 1.42 bits per heavy atom. The molecule has 0 spiro atoms. The van der Waals surface area contributed by atoms with E-state index in [-0.39, 0.29) is 27.8 Å². The molecule has 36 heavy (non-hydrogen) atoms. The average Bonchev–Trinajstić information content (AvgIpc) is 3.19. The molecule has 0 aliphatic carbocycles. The third-order valence-electron chi connectivity index (χ3n) is 6.15. The maximum Gasteiger partial charge on any atom is 0.338 e. The molecule has 0 aromatic heterocycles. The predicted octanol–water partition coefficient (Wildman–Crippen LogP) is 0.859. The average molecular weight is 484 g/mol. The van der Waals surface area contributed by atoms with Crippen LogP contribution in [0.1, 0.15) is 54.2 Å². The zero-order valence-corrected chi connectivity index (χ0v) is 18.8. The lowest BCUT2D eigenvalue weighted by atomic mass is 9.75. The minimum atomic E-state index is -2.22. The van der Waals surface area contributed by atoms with E-state index in [1.54, 1.807) is 36.4 Å². The molecule has 8 nitrogen and oxygen atoms in total. The second kappa shape index (κ2) is 10.0. The lowest BCUT2D eigenvalue weighted by Crippen LogP contribution is -2.40. The Morgan fingerprint density at radius 3 is 2.00 bits per heavy atom. The monoisotopic (exact) mass is 484 g/mol. The molecule has 8 heteroatoms. The van der Waals surface area contributed by atoms with Crippen molar-refractivity contribution in [3.8, 4) is 12.3 Å². The minimum Gasteiger partial charge on any atom is -0.545 e. The van der Waals surface area contributed by atoms with E-state index in [2.05, 4.69) is 5.92 Å². The van der Waals surface area contributed by atoms with Gasteiger partial charge in [-0.05, 0) is 23.3 Å². The number of esters is 1. The van der Waals surface area contributed by atoms with E-state index in [1.807, 2.05) is 0 Å². The molecule has 1 saturated heterocycles. The maximum absolute atomic E-state index is 12.6. The molecule has 1 heterocycles. The van der Waals surface area contributed by atoms with Gasteiger partial charge in [0.15, 0.2) is 5.60 Å². The highest BCUT2D eigenvalue weighted by Gasteiger charge is 2.57. The number of ether oxygens (including phenoxy) is 2. The van der Waals surface area contributed by atoms with Gasteiger partial charge in [0, 0.05) is 11.1 Å². The molecule has 0 amide bonds. The Kier molecular flexibility index (Phi) is 6.88. The van der Waals surface area contributed by atoms with Gasteiger partial charge in [0.1, 0.15) is 18.8 Å². The van der Waals surface area contributed by atoms with Gasteiger partial charge in [-0.15, -0.1) is 6.42 Å². The van der Waals surface area contributed by atoms with Crippen molar-refractivity contribution in [2.75, 3.05) is 6.61 Å². The number of carboxylic acids is 2. The Bertz CT molecular complexity index is 1340. The molecule has 1 aliphatic rings. The molecule has 182 valence electrons. The number of hydrogen-bond donors (Lipinski definition) is 1. The first kappa shape index (κ1) is 24.7. The fourth-order valence-electron chi connectivity index (χ4n) is 4.53. The molecule has 1 aliphatic heterocycles. The molecule has 0 radical (unpaired) electrons. The van der Waals surface area contributed by atoms with Gasteiger partial charge in [-0.25, -0.2) is 4.79 Å². The van der Waals surface area contributed by atoms with E-state index in [0.717, 1.165) is 0 Å². The van der Waals surface area contributed by atoms with Crippen LogP contribution in [0.25, 0.3) is 0 Å². The number of carbonyl (C=O) groups is 3. The second-order valence-electron chi connectivity index (χ2n) is 8.22. The smallest absolute Gasteiger partial charge is 0.338 e. The molecule has 4 rings (SSSR count). The number of carbonyl (C=O) groups excluding carboxylic acids is 3. The largest absolute Gasteiger partial charge is 0.545 e. The summed E-state index contributed by atoms with van der Waals surface area (Å²) in [4.78, 5) is 36.2. The molecular weight excluding hydrogens is 464 g/mol. The Labute approximate surface area is 206 Å². The van der Waals surface area contributed by atoms with Crippen molar-refractivity contribution in [1.29, 1.82) is 0 Å². The Balaban J connectivity index is 1.80. The summed E-state index contributed by atoms with van der Waals surface area (Å²) >= 11 is 0. The normalized spacial score (nSPS) is 22.9. The van der Waals surface area contributed by atoms with Crippen molar-refractivity contribution in [2.24, 2.45) is 0 Å². The van der Waals surface area contributed by atoms with E-state index in [1.165, 1.54) is 42.5 Å². The van der Waals surface area contributed by atoms with Gasteiger partial charge < -0.3 is 34.4 Å². The summed E-state index contributed by atoms with van der Waals surface area (Å²) in [6.45, 7) is -0.409. The molecular formula is C28H20O8-2. The first-order chi connectivity index (χ1) is 17.3. The highest BCUT2D eigenvalue weighted by Crippen LogP contribution is 2.51. The van der Waals surface area contributed by atoms with Crippen LogP contribution in [0.4, 0.5) is 0 Å². The lowest BCUT2D eigenvalue weighted by Gasteiger charge is -2.31. The Morgan fingerprint density at radius 1 is 0.889 bits per heavy atom. The fraction of sp³-hybridized carbons (Fsp3) is 0.179. The molecule has 0 bridgehead atoms. The van der Waals surface area contributed by atoms with E-state index < -0.39 is 48.2 Å². The van der Waals surface area contributed by atoms with Gasteiger partial charge >= 0.3 is 5.97 Å². The predicted molar refractivity (Wildman–Crippen MR) is 122 cm³/mol. The summed E-state index contributed by atoms with van der Waals surface area (Å²) in [7, 11) is 0. The number of aromatic carboxylic acids is 2. The zero-order valence-electron chi connectivity index (χ0n) is 18.8. The third kappa shape index (κ3) is 4.45. The molecule has 3 aromatic rings. The van der Waals surface area contributed by atoms with Crippen molar-refractivity contribution in [3.63, 3.8) is 0 Å². The number of hydrogen-bond acceptors (Lipinski definition) is 8. The van der Waals surface area contributed by atoms with Crippen molar-refractivity contribution >= 4 is 17.9 Å². The first-order valence-electron chi connectivity index (χ1n) is 11.0. The minimum absolute atomic E-state index is 0.0331. The number of benzene rings is 3. The van der Waals surface area contributed by atoms with Crippen molar-refractivity contribution in [1.82, 2.24) is 0 Å². The van der Waals surface area contributed by atoms with Gasteiger partial charge in [0.2, 0.25) is 0 Å². The van der Waals surface area contributed by atoms with E-state index in [4.69, 9.17) is 15.9 Å². The second-order valence-corrected chi connectivity index (χ2v) is 8.22. The molecule has 4 atom stereocenters. The molecule has 1 fully saturated rings.